The van der Waals surface area contributed by atoms with Crippen LogP contribution in [0.2, 0.25) is 0 Å². The Morgan fingerprint density at radius 2 is 2.14 bits per heavy atom. The highest BCUT2D eigenvalue weighted by Crippen LogP contribution is 2.29. The Kier molecular flexibility index (Phi) is 6.06. The van der Waals surface area contributed by atoms with Crippen molar-refractivity contribution in [2.45, 2.75) is 19.1 Å². The topological polar surface area (TPSA) is 61.4 Å². The predicted molar refractivity (Wildman–Crippen MR) is 71.4 cm³/mol. The first-order valence-electron chi connectivity index (χ1n) is 6.14. The van der Waals surface area contributed by atoms with Crippen LogP contribution >= 0.6 is 0 Å². The maximum atomic E-state index is 12.5. The van der Waals surface area contributed by atoms with E-state index in [0.717, 1.165) is 12.1 Å². The zero-order valence-corrected chi connectivity index (χ0v) is 11.3. The highest BCUT2D eigenvalue weighted by Gasteiger charge is 2.30. The highest BCUT2D eigenvalue weighted by molar-refractivity contribution is 5.74. The number of hydrogen-bond donors (Lipinski definition) is 3. The summed E-state index contributed by atoms with van der Waals surface area (Å²) < 4.78 is 37.4. The number of urea groups is 1. The van der Waals surface area contributed by atoms with Gasteiger partial charge < -0.3 is 15.7 Å². The zero-order chi connectivity index (χ0) is 15.9. The van der Waals surface area contributed by atoms with Crippen molar-refractivity contribution in [2.24, 2.45) is 0 Å². The maximum Gasteiger partial charge on any atom is 0.416 e. The second kappa shape index (κ2) is 7.55. The van der Waals surface area contributed by atoms with Crippen LogP contribution in [0.25, 0.3) is 0 Å². The van der Waals surface area contributed by atoms with E-state index < -0.39 is 17.8 Å². The van der Waals surface area contributed by atoms with Gasteiger partial charge in [-0.2, -0.15) is 13.2 Å². The molecule has 0 bridgehead atoms. The third-order valence-corrected chi connectivity index (χ3v) is 2.41. The van der Waals surface area contributed by atoms with Gasteiger partial charge in [-0.3, -0.25) is 0 Å². The van der Waals surface area contributed by atoms with Gasteiger partial charge in [-0.1, -0.05) is 17.9 Å². The first-order chi connectivity index (χ1) is 9.82. The second-order valence-corrected chi connectivity index (χ2v) is 4.29. The van der Waals surface area contributed by atoms with E-state index in [1.54, 1.807) is 6.92 Å². The molecule has 21 heavy (non-hydrogen) atoms. The standard InChI is InChI=1S/C14H15F3N2O2/c1-10(9-20)19-13(21)18-7-3-5-11-4-2-6-12(8-11)14(15,16)17/h2,4,6,8,10,20H,7,9H2,1H3,(H2,18,19,21). The molecule has 2 amide bonds. The van der Waals surface area contributed by atoms with Crippen molar-refractivity contribution in [3.8, 4) is 11.8 Å². The minimum absolute atomic E-state index is 0.0137. The van der Waals surface area contributed by atoms with Gasteiger partial charge in [-0.15, -0.1) is 0 Å². The summed E-state index contributed by atoms with van der Waals surface area (Å²) >= 11 is 0. The number of carbonyl (C=O) groups is 1. The van der Waals surface area contributed by atoms with Crippen molar-refractivity contribution in [1.82, 2.24) is 10.6 Å². The second-order valence-electron chi connectivity index (χ2n) is 4.29. The van der Waals surface area contributed by atoms with E-state index in [9.17, 15) is 18.0 Å². The summed E-state index contributed by atoms with van der Waals surface area (Å²) in [5.74, 6) is 5.09. The largest absolute Gasteiger partial charge is 0.416 e. The van der Waals surface area contributed by atoms with E-state index in [4.69, 9.17) is 5.11 Å². The zero-order valence-electron chi connectivity index (χ0n) is 11.3. The molecule has 114 valence electrons. The number of halogens is 3. The van der Waals surface area contributed by atoms with Gasteiger partial charge in [0.25, 0.3) is 0 Å². The molecule has 0 saturated carbocycles. The van der Waals surface area contributed by atoms with Crippen molar-refractivity contribution in [2.75, 3.05) is 13.2 Å². The number of nitrogens with one attached hydrogen (secondary N) is 2. The van der Waals surface area contributed by atoms with E-state index in [1.165, 1.54) is 12.1 Å². The molecule has 0 radical (unpaired) electrons. The van der Waals surface area contributed by atoms with Crippen LogP contribution in [-0.2, 0) is 6.18 Å². The SMILES string of the molecule is CC(CO)NC(=O)NCC#Cc1cccc(C(F)(F)F)c1. The van der Waals surface area contributed by atoms with Gasteiger partial charge in [0.1, 0.15) is 0 Å². The fourth-order valence-electron chi connectivity index (χ4n) is 1.36. The Balaban J connectivity index is 2.54. The van der Waals surface area contributed by atoms with Gasteiger partial charge in [-0.25, -0.2) is 4.79 Å². The van der Waals surface area contributed by atoms with Crippen molar-refractivity contribution < 1.29 is 23.1 Å². The minimum atomic E-state index is -4.41. The summed E-state index contributed by atoms with van der Waals surface area (Å²) in [5.41, 5.74) is -0.549. The van der Waals surface area contributed by atoms with E-state index >= 15 is 0 Å². The summed E-state index contributed by atoms with van der Waals surface area (Å²) in [7, 11) is 0. The van der Waals surface area contributed by atoms with Crippen LogP contribution in [0.3, 0.4) is 0 Å². The van der Waals surface area contributed by atoms with Crippen LogP contribution in [0.5, 0.6) is 0 Å². The minimum Gasteiger partial charge on any atom is -0.394 e. The molecular formula is C14H15F3N2O2. The third kappa shape index (κ3) is 6.19. The average Bonchev–Trinajstić information content (AvgIpc) is 2.43. The van der Waals surface area contributed by atoms with Crippen molar-refractivity contribution in [1.29, 1.82) is 0 Å². The molecular weight excluding hydrogens is 285 g/mol. The van der Waals surface area contributed by atoms with Crippen molar-refractivity contribution >= 4 is 6.03 Å². The summed E-state index contributed by atoms with van der Waals surface area (Å²) in [6.45, 7) is 1.41. The van der Waals surface area contributed by atoms with E-state index in [0.29, 0.717) is 0 Å². The molecule has 1 unspecified atom stereocenters. The fourth-order valence-corrected chi connectivity index (χ4v) is 1.36. The first kappa shape index (κ1) is 16.9. The molecule has 1 aromatic carbocycles. The fraction of sp³-hybridized carbons (Fsp3) is 0.357. The highest BCUT2D eigenvalue weighted by atomic mass is 19.4. The predicted octanol–water partition coefficient (Wildman–Crippen LogP) is 1.74. The number of aliphatic hydroxyl groups is 1. The Morgan fingerprint density at radius 3 is 2.76 bits per heavy atom. The van der Waals surface area contributed by atoms with Gasteiger partial charge in [0.2, 0.25) is 0 Å². The molecule has 0 spiro atoms. The molecule has 4 nitrogen and oxygen atoms in total. The van der Waals surface area contributed by atoms with Gasteiger partial charge in [-0.05, 0) is 25.1 Å². The third-order valence-electron chi connectivity index (χ3n) is 2.41. The molecule has 0 aliphatic carbocycles. The van der Waals surface area contributed by atoms with Gasteiger partial charge >= 0.3 is 12.2 Å². The summed E-state index contributed by atoms with van der Waals surface area (Å²) in [6.07, 6.45) is -4.41. The van der Waals surface area contributed by atoms with Crippen LogP contribution in [0.1, 0.15) is 18.1 Å². The number of aliphatic hydroxyl groups excluding tert-OH is 1. The Hall–Kier alpha value is -2.20. The van der Waals surface area contributed by atoms with Crippen LogP contribution in [0, 0.1) is 11.8 Å². The quantitative estimate of drug-likeness (QED) is 0.745. The summed E-state index contributed by atoms with van der Waals surface area (Å²) in [6, 6.07) is 3.75. The molecule has 1 atom stereocenters. The number of alkyl halides is 3. The van der Waals surface area contributed by atoms with Crippen LogP contribution in [0.4, 0.5) is 18.0 Å². The lowest BCUT2D eigenvalue weighted by molar-refractivity contribution is -0.137. The lowest BCUT2D eigenvalue weighted by Gasteiger charge is -2.10. The molecule has 0 aromatic heterocycles. The van der Waals surface area contributed by atoms with E-state index in [-0.39, 0.29) is 24.8 Å². The first-order valence-corrected chi connectivity index (χ1v) is 6.14. The monoisotopic (exact) mass is 300 g/mol. The van der Waals surface area contributed by atoms with Gasteiger partial charge in [0, 0.05) is 5.56 Å². The molecule has 0 heterocycles. The van der Waals surface area contributed by atoms with Crippen LogP contribution in [-0.4, -0.2) is 30.3 Å². The molecule has 7 heteroatoms. The molecule has 1 rings (SSSR count). The van der Waals surface area contributed by atoms with E-state index in [2.05, 4.69) is 22.5 Å². The average molecular weight is 300 g/mol. The van der Waals surface area contributed by atoms with Crippen molar-refractivity contribution in [3.63, 3.8) is 0 Å². The Labute approximate surface area is 120 Å². The molecule has 0 aliphatic heterocycles. The lowest BCUT2D eigenvalue weighted by Crippen LogP contribution is -2.42. The Morgan fingerprint density at radius 1 is 1.43 bits per heavy atom. The smallest absolute Gasteiger partial charge is 0.394 e. The maximum absolute atomic E-state index is 12.5. The number of hydrogen-bond acceptors (Lipinski definition) is 2. The Bertz CT molecular complexity index is 547. The molecule has 3 N–H and O–H groups in total. The van der Waals surface area contributed by atoms with Crippen LogP contribution in [0.15, 0.2) is 24.3 Å². The van der Waals surface area contributed by atoms with E-state index in [1.807, 2.05) is 0 Å². The number of carbonyl (C=O) groups excluding carboxylic acids is 1. The number of rotatable bonds is 3. The van der Waals surface area contributed by atoms with Crippen molar-refractivity contribution in [3.05, 3.63) is 35.4 Å². The lowest BCUT2D eigenvalue weighted by atomic mass is 10.1. The van der Waals surface area contributed by atoms with Gasteiger partial charge in [0.05, 0.1) is 24.8 Å². The number of benzene rings is 1. The molecule has 1 aromatic rings. The summed E-state index contributed by atoms with van der Waals surface area (Å²) in [4.78, 5) is 11.3. The molecule has 0 fully saturated rings. The van der Waals surface area contributed by atoms with Crippen LogP contribution < -0.4 is 10.6 Å². The summed E-state index contributed by atoms with van der Waals surface area (Å²) in [5, 5.41) is 13.6. The number of amides is 2. The van der Waals surface area contributed by atoms with Gasteiger partial charge in [0.15, 0.2) is 0 Å². The normalized spacial score (nSPS) is 12.0. The molecule has 0 aliphatic rings. The molecule has 0 saturated heterocycles.